The third-order valence-corrected chi connectivity index (χ3v) is 14.5. The summed E-state index contributed by atoms with van der Waals surface area (Å²) in [6, 6.07) is 0. The van der Waals surface area contributed by atoms with Crippen LogP contribution >= 0.6 is 0 Å². The third kappa shape index (κ3) is 58.8. The summed E-state index contributed by atoms with van der Waals surface area (Å²) in [5.74, 6) is -1.00. The predicted molar refractivity (Wildman–Crippen MR) is 342 cm³/mol. The summed E-state index contributed by atoms with van der Waals surface area (Å²) in [5, 5.41) is 19.1. The molecule has 0 rings (SSSR count). The maximum atomic E-state index is 13.1. The van der Waals surface area contributed by atoms with Crippen LogP contribution in [0.3, 0.4) is 0 Å². The van der Waals surface area contributed by atoms with Gasteiger partial charge in [-0.2, -0.15) is 0 Å². The van der Waals surface area contributed by atoms with E-state index < -0.39 is 5.97 Å². The van der Waals surface area contributed by atoms with Crippen LogP contribution in [0.15, 0.2) is 97.2 Å². The molecule has 0 radical (unpaired) electrons. The zero-order valence-corrected chi connectivity index (χ0v) is 52.4. The molecule has 2 N–H and O–H groups in total. The topological polar surface area (TPSA) is 136 Å². The summed E-state index contributed by atoms with van der Waals surface area (Å²) >= 11 is 0. The summed E-state index contributed by atoms with van der Waals surface area (Å²) in [6.45, 7) is 8.54. The first-order valence-corrected chi connectivity index (χ1v) is 33.3. The van der Waals surface area contributed by atoms with Crippen LogP contribution in [0.2, 0.25) is 0 Å². The molecule has 0 aliphatic heterocycles. The lowest BCUT2D eigenvalue weighted by Crippen LogP contribution is -2.18. The molecule has 0 aliphatic carbocycles. The van der Waals surface area contributed by atoms with Crippen molar-refractivity contribution in [2.45, 2.75) is 335 Å². The van der Waals surface area contributed by atoms with Crippen LogP contribution in [0, 0.1) is 0 Å². The lowest BCUT2D eigenvalue weighted by atomic mass is 10.0. The molecule has 0 fully saturated rings. The molecule has 0 saturated carbocycles. The molecule has 9 nitrogen and oxygen atoms in total. The highest BCUT2D eigenvalue weighted by Crippen LogP contribution is 2.20. The maximum absolute atomic E-state index is 13.1. The number of ether oxygens (including phenoxy) is 3. The minimum Gasteiger partial charge on any atom is -0.481 e. The highest BCUT2D eigenvalue weighted by Gasteiger charge is 2.16. The van der Waals surface area contributed by atoms with Crippen molar-refractivity contribution in [3.05, 3.63) is 97.2 Å². The molecule has 0 saturated heterocycles. The van der Waals surface area contributed by atoms with Crippen LogP contribution in [0.1, 0.15) is 310 Å². The number of rotatable bonds is 59. The summed E-state index contributed by atoms with van der Waals surface area (Å²) in [4.78, 5) is 49.7. The van der Waals surface area contributed by atoms with E-state index in [1.54, 1.807) is 0 Å². The Hall–Kier alpha value is -4.24. The predicted octanol–water partition coefficient (Wildman–Crippen LogP) is 20.9. The van der Waals surface area contributed by atoms with Gasteiger partial charge in [-0.25, -0.2) is 0 Å². The largest absolute Gasteiger partial charge is 0.481 e. The molecule has 0 aromatic rings. The van der Waals surface area contributed by atoms with E-state index >= 15 is 0 Å². The summed E-state index contributed by atoms with van der Waals surface area (Å²) in [7, 11) is 0. The van der Waals surface area contributed by atoms with Crippen LogP contribution in [-0.2, 0) is 33.4 Å². The van der Waals surface area contributed by atoms with Gasteiger partial charge in [0.05, 0.1) is 6.10 Å². The fourth-order valence-electron chi connectivity index (χ4n) is 9.68. The summed E-state index contributed by atoms with van der Waals surface area (Å²) < 4.78 is 18.1. The zero-order chi connectivity index (χ0) is 59.2. The average Bonchev–Trinajstić information content (AvgIpc) is 3.44. The number of carbonyl (C=O) groups excluding carboxylic acids is 3. The molecule has 0 bridgehead atoms. The Morgan fingerprint density at radius 2 is 0.531 bits per heavy atom. The van der Waals surface area contributed by atoms with E-state index in [2.05, 4.69) is 125 Å². The molecule has 0 aromatic heterocycles. The second-order valence-electron chi connectivity index (χ2n) is 22.3. The Balaban J connectivity index is 4.70. The second-order valence-corrected chi connectivity index (χ2v) is 22.3. The Kier molecular flexibility index (Phi) is 58.6. The molecule has 0 heterocycles. The van der Waals surface area contributed by atoms with Crippen molar-refractivity contribution in [2.75, 3.05) is 0 Å². The van der Waals surface area contributed by atoms with Gasteiger partial charge >= 0.3 is 23.9 Å². The maximum Gasteiger partial charge on any atom is 0.306 e. The molecule has 0 spiro atoms. The number of esters is 3. The van der Waals surface area contributed by atoms with Gasteiger partial charge in [0, 0.05) is 44.9 Å². The van der Waals surface area contributed by atoms with Crippen molar-refractivity contribution in [1.82, 2.24) is 0 Å². The van der Waals surface area contributed by atoms with Crippen LogP contribution in [0.4, 0.5) is 0 Å². The van der Waals surface area contributed by atoms with Gasteiger partial charge in [0.25, 0.3) is 0 Å². The van der Waals surface area contributed by atoms with E-state index in [0.29, 0.717) is 19.3 Å². The zero-order valence-electron chi connectivity index (χ0n) is 52.4. The second kappa shape index (κ2) is 61.8. The number of carbonyl (C=O) groups is 4. The molecule has 0 aliphatic rings. The number of aliphatic carboxylic acids is 1. The number of carboxylic acid groups (broad SMARTS) is 1. The molecule has 9 heteroatoms. The van der Waals surface area contributed by atoms with Crippen molar-refractivity contribution in [1.29, 1.82) is 0 Å². The molecule has 4 atom stereocenters. The summed E-state index contributed by atoms with van der Waals surface area (Å²) in [5.41, 5.74) is 0. The standard InChI is InChI=1S/C72H122O9/c1-5-9-13-17-29-41-53-65(73)54-42-30-21-26-38-50-62-70(76)80-67(56-44-32-19-15-11-7-3)59-47-35-23-28-40-52-64-72(78)81-68(57-45-33-20-16-12-8-4)60-48-36-24-27-39-51-63-71(77)79-66(55-43-31-18-14-10-6-2)58-46-34-22-25-37-49-61-69(74)75/h9-16,29,31-33,41,43-45,65-68,73H,5-8,17-28,30,34-40,42,46-64H2,1-4H3,(H,74,75)/b13-9-,14-10-,15-11-,16-12-,41-29-,43-31-,44-32-,45-33-. The minimum atomic E-state index is -0.724. The van der Waals surface area contributed by atoms with E-state index in [-0.39, 0.29) is 48.7 Å². The third-order valence-electron chi connectivity index (χ3n) is 14.5. The van der Waals surface area contributed by atoms with E-state index in [9.17, 15) is 24.3 Å². The number of aliphatic hydroxyl groups is 1. The Morgan fingerprint density at radius 3 is 0.815 bits per heavy atom. The molecular weight excluding hydrogens is 1010 g/mol. The van der Waals surface area contributed by atoms with Crippen molar-refractivity contribution in [3.63, 3.8) is 0 Å². The van der Waals surface area contributed by atoms with Crippen molar-refractivity contribution in [3.8, 4) is 0 Å². The SMILES string of the molecule is CC/C=C\C/C=C\CC(O)CCCCCCCCC(=O)OC(C/C=C\C/C=C\CC)CCCCCCCCC(=O)OC(C/C=C\C/C=C\CC)CCCCCCCCC(=O)OC(C/C=C\C/C=C\CC)CCCCCCCCC(=O)O. The molecule has 4 unspecified atom stereocenters. The van der Waals surface area contributed by atoms with Gasteiger partial charge in [-0.3, -0.25) is 19.2 Å². The quantitative estimate of drug-likeness (QED) is 0.0264. The van der Waals surface area contributed by atoms with Crippen molar-refractivity contribution >= 4 is 23.9 Å². The Labute approximate surface area is 497 Å². The first kappa shape index (κ1) is 76.8. The molecule has 464 valence electrons. The Morgan fingerprint density at radius 1 is 0.296 bits per heavy atom. The number of unbranched alkanes of at least 4 members (excludes halogenated alkanes) is 20. The lowest BCUT2D eigenvalue weighted by molar-refractivity contribution is -0.150. The first-order chi connectivity index (χ1) is 39.6. The van der Waals surface area contributed by atoms with E-state index in [1.807, 2.05) is 0 Å². The monoisotopic (exact) mass is 1130 g/mol. The number of hydrogen-bond acceptors (Lipinski definition) is 8. The highest BCUT2D eigenvalue weighted by molar-refractivity contribution is 5.70. The lowest BCUT2D eigenvalue weighted by Gasteiger charge is -2.17. The number of allylic oxidation sites excluding steroid dienone is 12. The van der Waals surface area contributed by atoms with E-state index in [1.165, 1.54) is 0 Å². The molecular formula is C72H122O9. The molecule has 0 amide bonds. The van der Waals surface area contributed by atoms with Crippen LogP contribution in [0.25, 0.3) is 0 Å². The molecule has 81 heavy (non-hydrogen) atoms. The van der Waals surface area contributed by atoms with Crippen LogP contribution < -0.4 is 0 Å². The van der Waals surface area contributed by atoms with Gasteiger partial charge in [0.15, 0.2) is 0 Å². The van der Waals surface area contributed by atoms with Gasteiger partial charge in [-0.05, 0) is 128 Å². The average molecular weight is 1130 g/mol. The van der Waals surface area contributed by atoms with Crippen molar-refractivity contribution < 1.29 is 43.6 Å². The van der Waals surface area contributed by atoms with Crippen LogP contribution in [-0.4, -0.2) is 58.5 Å². The number of aliphatic hydroxyl groups excluding tert-OH is 1. The summed E-state index contributed by atoms with van der Waals surface area (Å²) in [6.07, 6.45) is 74.1. The fourth-order valence-corrected chi connectivity index (χ4v) is 9.68. The van der Waals surface area contributed by atoms with Gasteiger partial charge in [-0.15, -0.1) is 0 Å². The Bertz CT molecular complexity index is 1700. The van der Waals surface area contributed by atoms with Gasteiger partial charge in [0.1, 0.15) is 18.3 Å². The first-order valence-electron chi connectivity index (χ1n) is 33.3. The minimum absolute atomic E-state index is 0.0816. The van der Waals surface area contributed by atoms with Gasteiger partial charge < -0.3 is 24.4 Å². The van der Waals surface area contributed by atoms with E-state index in [4.69, 9.17) is 19.3 Å². The van der Waals surface area contributed by atoms with Crippen molar-refractivity contribution in [2.24, 2.45) is 0 Å². The fraction of sp³-hybridized carbons (Fsp3) is 0.722. The highest BCUT2D eigenvalue weighted by atomic mass is 16.6. The normalized spacial score (nSPS) is 13.8. The van der Waals surface area contributed by atoms with E-state index in [0.717, 1.165) is 257 Å². The number of carboxylic acids is 1. The smallest absolute Gasteiger partial charge is 0.306 e. The molecule has 0 aromatic carbocycles. The van der Waals surface area contributed by atoms with Crippen LogP contribution in [0.5, 0.6) is 0 Å². The van der Waals surface area contributed by atoms with Gasteiger partial charge in [0.2, 0.25) is 0 Å². The van der Waals surface area contributed by atoms with Gasteiger partial charge in [-0.1, -0.05) is 234 Å². The number of hydrogen-bond donors (Lipinski definition) is 2.